The lowest BCUT2D eigenvalue weighted by Crippen LogP contribution is -2.44. The van der Waals surface area contributed by atoms with Crippen LogP contribution in [-0.4, -0.2) is 40.9 Å². The SMILES string of the molecule is CCOC(=O)C1CCN(Cc2cc3ccccc3n2-c2ccccc2)CC1=O. The largest absolute Gasteiger partial charge is 0.465 e. The van der Waals surface area contributed by atoms with Crippen molar-refractivity contribution in [3.8, 4) is 5.69 Å². The fourth-order valence-electron chi connectivity index (χ4n) is 3.95. The van der Waals surface area contributed by atoms with E-state index in [2.05, 4.69) is 39.8 Å². The smallest absolute Gasteiger partial charge is 0.316 e. The summed E-state index contributed by atoms with van der Waals surface area (Å²) >= 11 is 0. The summed E-state index contributed by atoms with van der Waals surface area (Å²) in [5.41, 5.74) is 3.39. The van der Waals surface area contributed by atoms with Crippen LogP contribution in [0.2, 0.25) is 0 Å². The second-order valence-corrected chi connectivity index (χ2v) is 7.14. The first-order chi connectivity index (χ1) is 13.7. The summed E-state index contributed by atoms with van der Waals surface area (Å²) in [6, 6.07) is 20.7. The number of ether oxygens (including phenoxy) is 1. The van der Waals surface area contributed by atoms with Gasteiger partial charge in [0, 0.05) is 29.9 Å². The maximum atomic E-state index is 12.5. The van der Waals surface area contributed by atoms with Gasteiger partial charge in [-0.1, -0.05) is 36.4 Å². The molecule has 0 spiro atoms. The lowest BCUT2D eigenvalue weighted by molar-refractivity contribution is -0.153. The van der Waals surface area contributed by atoms with Crippen LogP contribution in [0.5, 0.6) is 0 Å². The third-order valence-corrected chi connectivity index (χ3v) is 5.26. The number of ketones is 1. The molecule has 1 saturated heterocycles. The van der Waals surface area contributed by atoms with Crippen molar-refractivity contribution in [1.29, 1.82) is 0 Å². The molecule has 2 heterocycles. The molecule has 5 nitrogen and oxygen atoms in total. The molecule has 144 valence electrons. The molecule has 0 saturated carbocycles. The zero-order valence-corrected chi connectivity index (χ0v) is 16.0. The van der Waals surface area contributed by atoms with Gasteiger partial charge in [0.15, 0.2) is 5.78 Å². The van der Waals surface area contributed by atoms with E-state index in [0.29, 0.717) is 26.1 Å². The predicted octanol–water partition coefficient (Wildman–Crippen LogP) is 3.58. The molecule has 1 aromatic heterocycles. The average Bonchev–Trinajstić information content (AvgIpc) is 3.06. The van der Waals surface area contributed by atoms with Crippen LogP contribution in [0.25, 0.3) is 16.6 Å². The molecule has 0 aliphatic carbocycles. The number of carbonyl (C=O) groups excluding carboxylic acids is 2. The second kappa shape index (κ2) is 7.98. The number of nitrogens with zero attached hydrogens (tertiary/aromatic N) is 2. The third kappa shape index (κ3) is 3.58. The van der Waals surface area contributed by atoms with E-state index in [1.165, 1.54) is 5.39 Å². The summed E-state index contributed by atoms with van der Waals surface area (Å²) in [5.74, 6) is -1.05. The first kappa shape index (κ1) is 18.4. The van der Waals surface area contributed by atoms with Crippen molar-refractivity contribution in [3.63, 3.8) is 0 Å². The van der Waals surface area contributed by atoms with Gasteiger partial charge >= 0.3 is 5.97 Å². The maximum absolute atomic E-state index is 12.5. The van der Waals surface area contributed by atoms with Gasteiger partial charge < -0.3 is 9.30 Å². The quantitative estimate of drug-likeness (QED) is 0.504. The Kier molecular flexibility index (Phi) is 5.26. The van der Waals surface area contributed by atoms with Crippen LogP contribution >= 0.6 is 0 Å². The normalized spacial score (nSPS) is 17.8. The Morgan fingerprint density at radius 1 is 1.11 bits per heavy atom. The van der Waals surface area contributed by atoms with Crippen molar-refractivity contribution in [2.75, 3.05) is 19.7 Å². The summed E-state index contributed by atoms with van der Waals surface area (Å²) in [7, 11) is 0. The van der Waals surface area contributed by atoms with Gasteiger partial charge in [-0.25, -0.2) is 0 Å². The Morgan fingerprint density at radius 2 is 1.86 bits per heavy atom. The summed E-state index contributed by atoms with van der Waals surface area (Å²) in [6.07, 6.45) is 0.517. The van der Waals surface area contributed by atoms with E-state index in [9.17, 15) is 9.59 Å². The zero-order chi connectivity index (χ0) is 19.5. The van der Waals surface area contributed by atoms with Gasteiger partial charge in [0.05, 0.1) is 18.7 Å². The Labute approximate surface area is 164 Å². The molecule has 0 bridgehead atoms. The van der Waals surface area contributed by atoms with E-state index in [4.69, 9.17) is 4.74 Å². The van der Waals surface area contributed by atoms with Crippen molar-refractivity contribution in [1.82, 2.24) is 9.47 Å². The molecule has 1 unspecified atom stereocenters. The standard InChI is InChI=1S/C23H24N2O3/c1-2-28-23(27)20-12-13-24(16-22(20)26)15-19-14-17-8-6-7-11-21(17)25(19)18-9-4-3-5-10-18/h3-11,14,20H,2,12-13,15-16H2,1H3. The van der Waals surface area contributed by atoms with Crippen LogP contribution in [0.4, 0.5) is 0 Å². The van der Waals surface area contributed by atoms with Gasteiger partial charge in [-0.3, -0.25) is 14.5 Å². The Bertz CT molecular complexity index is 994. The van der Waals surface area contributed by atoms with E-state index >= 15 is 0 Å². The summed E-state index contributed by atoms with van der Waals surface area (Å²) < 4.78 is 7.29. The molecule has 0 radical (unpaired) electrons. The number of para-hydroxylation sites is 2. The minimum atomic E-state index is -0.615. The Balaban J connectivity index is 1.59. The van der Waals surface area contributed by atoms with Crippen LogP contribution in [0.1, 0.15) is 19.0 Å². The first-order valence-corrected chi connectivity index (χ1v) is 9.74. The molecule has 4 rings (SSSR count). The molecule has 1 aliphatic heterocycles. The third-order valence-electron chi connectivity index (χ3n) is 5.26. The van der Waals surface area contributed by atoms with E-state index in [1.54, 1.807) is 6.92 Å². The first-order valence-electron chi connectivity index (χ1n) is 9.74. The minimum Gasteiger partial charge on any atom is -0.465 e. The van der Waals surface area contributed by atoms with E-state index < -0.39 is 5.92 Å². The van der Waals surface area contributed by atoms with Crippen molar-refractivity contribution in [3.05, 3.63) is 66.4 Å². The summed E-state index contributed by atoms with van der Waals surface area (Å²) in [4.78, 5) is 26.6. The number of likely N-dealkylation sites (tertiary alicyclic amines) is 1. The van der Waals surface area contributed by atoms with Crippen molar-refractivity contribution < 1.29 is 14.3 Å². The average molecular weight is 376 g/mol. The van der Waals surface area contributed by atoms with E-state index in [1.807, 2.05) is 30.3 Å². The number of hydrogen-bond donors (Lipinski definition) is 0. The summed E-state index contributed by atoms with van der Waals surface area (Å²) in [5, 5.41) is 1.18. The maximum Gasteiger partial charge on any atom is 0.316 e. The number of rotatable bonds is 5. The van der Waals surface area contributed by atoms with Crippen molar-refractivity contribution >= 4 is 22.7 Å². The molecule has 28 heavy (non-hydrogen) atoms. The molecule has 1 atom stereocenters. The van der Waals surface area contributed by atoms with Gasteiger partial charge in [0.1, 0.15) is 5.92 Å². The number of esters is 1. The highest BCUT2D eigenvalue weighted by molar-refractivity contribution is 6.00. The molecule has 0 N–H and O–H groups in total. The molecule has 0 amide bonds. The molecular weight excluding hydrogens is 352 g/mol. The number of carbonyl (C=O) groups is 2. The second-order valence-electron chi connectivity index (χ2n) is 7.14. The van der Waals surface area contributed by atoms with Crippen LogP contribution in [0.15, 0.2) is 60.7 Å². The number of Topliss-reactive ketones (excluding diaryl/α,β-unsaturated/α-hetero) is 1. The van der Waals surface area contributed by atoms with Gasteiger partial charge in [0.25, 0.3) is 0 Å². The molecular formula is C23H24N2O3. The Hall–Kier alpha value is -2.92. The van der Waals surface area contributed by atoms with Crippen LogP contribution in [0, 0.1) is 5.92 Å². The zero-order valence-electron chi connectivity index (χ0n) is 16.0. The van der Waals surface area contributed by atoms with Gasteiger partial charge in [-0.15, -0.1) is 0 Å². The summed E-state index contributed by atoms with van der Waals surface area (Å²) in [6.45, 7) is 3.71. The topological polar surface area (TPSA) is 51.5 Å². The highest BCUT2D eigenvalue weighted by Gasteiger charge is 2.33. The molecule has 3 aromatic rings. The number of hydrogen-bond acceptors (Lipinski definition) is 4. The van der Waals surface area contributed by atoms with Crippen molar-refractivity contribution in [2.45, 2.75) is 19.9 Å². The molecule has 1 fully saturated rings. The fourth-order valence-corrected chi connectivity index (χ4v) is 3.95. The minimum absolute atomic E-state index is 0.0490. The Morgan fingerprint density at radius 3 is 2.61 bits per heavy atom. The molecule has 1 aliphatic rings. The number of piperidine rings is 1. The number of fused-ring (bicyclic) bond motifs is 1. The lowest BCUT2D eigenvalue weighted by atomic mass is 9.95. The highest BCUT2D eigenvalue weighted by Crippen LogP contribution is 2.26. The van der Waals surface area contributed by atoms with Crippen LogP contribution in [-0.2, 0) is 20.9 Å². The fraction of sp³-hybridized carbons (Fsp3) is 0.304. The number of benzene rings is 2. The van der Waals surface area contributed by atoms with Crippen LogP contribution in [0.3, 0.4) is 0 Å². The lowest BCUT2D eigenvalue weighted by Gasteiger charge is -2.30. The monoisotopic (exact) mass is 376 g/mol. The van der Waals surface area contributed by atoms with Gasteiger partial charge in [-0.05, 0) is 37.6 Å². The molecule has 2 aromatic carbocycles. The van der Waals surface area contributed by atoms with Crippen LogP contribution < -0.4 is 0 Å². The van der Waals surface area contributed by atoms with E-state index in [-0.39, 0.29) is 18.3 Å². The van der Waals surface area contributed by atoms with E-state index in [0.717, 1.165) is 16.9 Å². The highest BCUT2D eigenvalue weighted by atomic mass is 16.5. The van der Waals surface area contributed by atoms with Crippen molar-refractivity contribution in [2.24, 2.45) is 5.92 Å². The predicted molar refractivity (Wildman–Crippen MR) is 108 cm³/mol. The van der Waals surface area contributed by atoms with Gasteiger partial charge in [-0.2, -0.15) is 0 Å². The molecule has 5 heteroatoms. The van der Waals surface area contributed by atoms with Gasteiger partial charge in [0.2, 0.25) is 0 Å². The number of aromatic nitrogens is 1.